The number of amides is 2. The summed E-state index contributed by atoms with van der Waals surface area (Å²) in [7, 11) is 3.48. The standard InChI is InChI=1S/C13H25N3O2/c1-15(2)13(18)11-7-6-10-16(11)12(17)8-4-3-5-9-14/h11H,3-10,14H2,1-2H3. The zero-order chi connectivity index (χ0) is 13.5. The molecule has 1 aliphatic rings. The van der Waals surface area contributed by atoms with E-state index in [4.69, 9.17) is 5.73 Å². The van der Waals surface area contributed by atoms with E-state index >= 15 is 0 Å². The molecule has 18 heavy (non-hydrogen) atoms. The van der Waals surface area contributed by atoms with Gasteiger partial charge in [0.25, 0.3) is 0 Å². The minimum atomic E-state index is -0.234. The zero-order valence-electron chi connectivity index (χ0n) is 11.5. The average molecular weight is 255 g/mol. The molecule has 5 heteroatoms. The maximum absolute atomic E-state index is 12.1. The van der Waals surface area contributed by atoms with Gasteiger partial charge in [0.05, 0.1) is 0 Å². The minimum Gasteiger partial charge on any atom is -0.347 e. The Morgan fingerprint density at radius 3 is 2.61 bits per heavy atom. The van der Waals surface area contributed by atoms with E-state index in [0.29, 0.717) is 13.0 Å². The maximum Gasteiger partial charge on any atom is 0.244 e. The minimum absolute atomic E-state index is 0.0443. The Morgan fingerprint density at radius 2 is 2.00 bits per heavy atom. The van der Waals surface area contributed by atoms with Crippen LogP contribution in [0.2, 0.25) is 0 Å². The summed E-state index contributed by atoms with van der Waals surface area (Å²) in [5.41, 5.74) is 5.42. The summed E-state index contributed by atoms with van der Waals surface area (Å²) in [6.07, 6.45) is 5.09. The highest BCUT2D eigenvalue weighted by molar-refractivity contribution is 5.88. The van der Waals surface area contributed by atoms with Gasteiger partial charge in [-0.1, -0.05) is 6.42 Å². The third kappa shape index (κ3) is 3.98. The maximum atomic E-state index is 12.1. The Morgan fingerprint density at radius 1 is 1.28 bits per heavy atom. The highest BCUT2D eigenvalue weighted by atomic mass is 16.2. The summed E-state index contributed by atoms with van der Waals surface area (Å²) < 4.78 is 0. The molecule has 0 radical (unpaired) electrons. The van der Waals surface area contributed by atoms with Gasteiger partial charge in [0.1, 0.15) is 6.04 Å². The van der Waals surface area contributed by atoms with Crippen LogP contribution >= 0.6 is 0 Å². The normalized spacial score (nSPS) is 19.1. The molecule has 1 heterocycles. The smallest absolute Gasteiger partial charge is 0.244 e. The fraction of sp³-hybridized carbons (Fsp3) is 0.846. The van der Waals surface area contributed by atoms with E-state index in [2.05, 4.69) is 0 Å². The van der Waals surface area contributed by atoms with Gasteiger partial charge in [-0.15, -0.1) is 0 Å². The quantitative estimate of drug-likeness (QED) is 0.706. The van der Waals surface area contributed by atoms with Crippen LogP contribution in [0.25, 0.3) is 0 Å². The van der Waals surface area contributed by atoms with E-state index in [0.717, 1.165) is 38.6 Å². The molecule has 2 amide bonds. The number of rotatable bonds is 6. The first kappa shape index (κ1) is 15.0. The van der Waals surface area contributed by atoms with Crippen LogP contribution < -0.4 is 5.73 Å². The molecular weight excluding hydrogens is 230 g/mol. The van der Waals surface area contributed by atoms with Gasteiger partial charge in [-0.25, -0.2) is 0 Å². The van der Waals surface area contributed by atoms with Crippen LogP contribution in [-0.4, -0.2) is 54.8 Å². The number of unbranched alkanes of at least 4 members (excludes halogenated alkanes) is 2. The molecule has 0 spiro atoms. The molecule has 0 bridgehead atoms. The predicted molar refractivity (Wildman–Crippen MR) is 71.0 cm³/mol. The van der Waals surface area contributed by atoms with E-state index in [9.17, 15) is 9.59 Å². The van der Waals surface area contributed by atoms with Crippen molar-refractivity contribution in [1.29, 1.82) is 0 Å². The summed E-state index contributed by atoms with van der Waals surface area (Å²) in [4.78, 5) is 27.4. The van der Waals surface area contributed by atoms with Gasteiger partial charge < -0.3 is 15.5 Å². The molecule has 2 N–H and O–H groups in total. The molecule has 0 aliphatic carbocycles. The summed E-state index contributed by atoms with van der Waals surface area (Å²) >= 11 is 0. The molecule has 1 unspecified atom stereocenters. The Labute approximate surface area is 109 Å². The van der Waals surface area contributed by atoms with Crippen molar-refractivity contribution in [3.05, 3.63) is 0 Å². The Hall–Kier alpha value is -1.10. The van der Waals surface area contributed by atoms with Crippen LogP contribution in [0.1, 0.15) is 38.5 Å². The lowest BCUT2D eigenvalue weighted by Gasteiger charge is -2.26. The van der Waals surface area contributed by atoms with Gasteiger partial charge in [-0.05, 0) is 32.2 Å². The summed E-state index contributed by atoms with van der Waals surface area (Å²) in [5, 5.41) is 0. The highest BCUT2D eigenvalue weighted by Gasteiger charge is 2.34. The number of nitrogens with zero attached hydrogens (tertiary/aromatic N) is 2. The van der Waals surface area contributed by atoms with Crippen LogP contribution in [-0.2, 0) is 9.59 Å². The number of carbonyl (C=O) groups excluding carboxylic acids is 2. The Kier molecular flexibility index (Phi) is 6.12. The van der Waals surface area contributed by atoms with Gasteiger partial charge in [0.15, 0.2) is 0 Å². The molecule has 1 saturated heterocycles. The molecule has 1 fully saturated rings. The third-order valence-corrected chi connectivity index (χ3v) is 3.39. The van der Waals surface area contributed by atoms with Crippen molar-refractivity contribution in [3.63, 3.8) is 0 Å². The second-order valence-electron chi connectivity index (χ2n) is 5.08. The van der Waals surface area contributed by atoms with Crippen molar-refractivity contribution in [1.82, 2.24) is 9.80 Å². The van der Waals surface area contributed by atoms with Crippen LogP contribution in [0.5, 0.6) is 0 Å². The van der Waals surface area contributed by atoms with Crippen molar-refractivity contribution in [2.75, 3.05) is 27.2 Å². The molecule has 0 saturated carbocycles. The molecule has 0 aromatic carbocycles. The highest BCUT2D eigenvalue weighted by Crippen LogP contribution is 2.20. The van der Waals surface area contributed by atoms with Crippen molar-refractivity contribution < 1.29 is 9.59 Å². The number of hydrogen-bond donors (Lipinski definition) is 1. The molecular formula is C13H25N3O2. The number of likely N-dealkylation sites (tertiary alicyclic amines) is 1. The number of likely N-dealkylation sites (N-methyl/N-ethyl adjacent to an activating group) is 1. The van der Waals surface area contributed by atoms with E-state index in [1.165, 1.54) is 0 Å². The lowest BCUT2D eigenvalue weighted by atomic mass is 10.1. The van der Waals surface area contributed by atoms with Crippen molar-refractivity contribution in [3.8, 4) is 0 Å². The summed E-state index contributed by atoms with van der Waals surface area (Å²) in [6.45, 7) is 1.40. The molecule has 1 aliphatic heterocycles. The van der Waals surface area contributed by atoms with Crippen LogP contribution in [0.4, 0.5) is 0 Å². The van der Waals surface area contributed by atoms with Crippen molar-refractivity contribution >= 4 is 11.8 Å². The van der Waals surface area contributed by atoms with E-state index in [-0.39, 0.29) is 17.9 Å². The van der Waals surface area contributed by atoms with E-state index in [1.807, 2.05) is 0 Å². The van der Waals surface area contributed by atoms with Crippen LogP contribution in [0.3, 0.4) is 0 Å². The van der Waals surface area contributed by atoms with Gasteiger partial charge in [0, 0.05) is 27.1 Å². The summed E-state index contributed by atoms with van der Waals surface area (Å²) in [5.74, 6) is 0.160. The number of nitrogens with two attached hydrogens (primary N) is 1. The molecule has 0 aromatic rings. The molecule has 5 nitrogen and oxygen atoms in total. The molecule has 0 aromatic heterocycles. The second-order valence-corrected chi connectivity index (χ2v) is 5.08. The fourth-order valence-corrected chi connectivity index (χ4v) is 2.36. The van der Waals surface area contributed by atoms with Gasteiger partial charge in [-0.3, -0.25) is 9.59 Å². The van der Waals surface area contributed by atoms with Gasteiger partial charge in [0.2, 0.25) is 11.8 Å². The molecule has 104 valence electrons. The zero-order valence-corrected chi connectivity index (χ0v) is 11.5. The monoisotopic (exact) mass is 255 g/mol. The van der Waals surface area contributed by atoms with Crippen LogP contribution in [0.15, 0.2) is 0 Å². The molecule has 1 rings (SSSR count). The van der Waals surface area contributed by atoms with Gasteiger partial charge in [-0.2, -0.15) is 0 Å². The van der Waals surface area contributed by atoms with Crippen molar-refractivity contribution in [2.24, 2.45) is 5.73 Å². The molecule has 1 atom stereocenters. The predicted octanol–water partition coefficient (Wildman–Crippen LogP) is 0.585. The summed E-state index contributed by atoms with van der Waals surface area (Å²) in [6, 6.07) is -0.234. The van der Waals surface area contributed by atoms with E-state index < -0.39 is 0 Å². The first-order chi connectivity index (χ1) is 8.57. The Bertz CT molecular complexity index is 292. The largest absolute Gasteiger partial charge is 0.347 e. The van der Waals surface area contributed by atoms with E-state index in [1.54, 1.807) is 23.9 Å². The average Bonchev–Trinajstić information content (AvgIpc) is 2.82. The lowest BCUT2D eigenvalue weighted by molar-refractivity contribution is -0.142. The van der Waals surface area contributed by atoms with Crippen molar-refractivity contribution in [2.45, 2.75) is 44.6 Å². The Balaban J connectivity index is 2.43. The second kappa shape index (κ2) is 7.36. The lowest BCUT2D eigenvalue weighted by Crippen LogP contribution is -2.45. The first-order valence-corrected chi connectivity index (χ1v) is 6.78. The topological polar surface area (TPSA) is 66.6 Å². The number of carbonyl (C=O) groups is 2. The fourth-order valence-electron chi connectivity index (χ4n) is 2.36. The van der Waals surface area contributed by atoms with Gasteiger partial charge >= 0.3 is 0 Å². The first-order valence-electron chi connectivity index (χ1n) is 6.78. The number of hydrogen-bond acceptors (Lipinski definition) is 3. The third-order valence-electron chi connectivity index (χ3n) is 3.39. The van der Waals surface area contributed by atoms with Crippen LogP contribution in [0, 0.1) is 0 Å². The SMILES string of the molecule is CN(C)C(=O)C1CCCN1C(=O)CCCCCN.